The van der Waals surface area contributed by atoms with Crippen LogP contribution < -0.4 is 0 Å². The zero-order valence-corrected chi connectivity index (χ0v) is 12.8. The van der Waals surface area contributed by atoms with E-state index in [0.717, 1.165) is 35.9 Å². The molecule has 7 heteroatoms. The minimum atomic E-state index is -1.01. The fraction of sp³-hybridized carbons (Fsp3) is 0.357. The zero-order chi connectivity index (χ0) is 14.8. The predicted molar refractivity (Wildman–Crippen MR) is 80.9 cm³/mol. The third kappa shape index (κ3) is 3.06. The fourth-order valence-electron chi connectivity index (χ4n) is 2.38. The molecule has 0 saturated heterocycles. The van der Waals surface area contributed by atoms with Gasteiger partial charge in [0.25, 0.3) is 0 Å². The van der Waals surface area contributed by atoms with Crippen molar-refractivity contribution in [2.24, 2.45) is 0 Å². The van der Waals surface area contributed by atoms with Gasteiger partial charge in [0.05, 0.1) is 16.3 Å². The van der Waals surface area contributed by atoms with Gasteiger partial charge < -0.3 is 9.67 Å². The molecule has 2 aromatic rings. The lowest BCUT2D eigenvalue weighted by Crippen LogP contribution is -2.12. The van der Waals surface area contributed by atoms with Crippen LogP contribution in [0.15, 0.2) is 23.1 Å². The molecule has 1 aromatic heterocycles. The summed E-state index contributed by atoms with van der Waals surface area (Å²) in [5, 5.41) is 17.8. The van der Waals surface area contributed by atoms with E-state index in [-0.39, 0.29) is 10.6 Å². The third-order valence-electron chi connectivity index (χ3n) is 3.47. The number of halogens is 1. The van der Waals surface area contributed by atoms with Crippen LogP contribution in [0.1, 0.15) is 34.8 Å². The summed E-state index contributed by atoms with van der Waals surface area (Å²) >= 11 is 7.42. The molecule has 0 bridgehead atoms. The number of thioether (sulfide) groups is 1. The summed E-state index contributed by atoms with van der Waals surface area (Å²) in [7, 11) is 0. The lowest BCUT2D eigenvalue weighted by Gasteiger charge is -2.14. The van der Waals surface area contributed by atoms with Crippen molar-refractivity contribution in [1.29, 1.82) is 0 Å². The number of aryl methyl sites for hydroxylation is 1. The van der Waals surface area contributed by atoms with Crippen molar-refractivity contribution in [2.45, 2.75) is 36.5 Å². The van der Waals surface area contributed by atoms with Crippen LogP contribution in [0.3, 0.4) is 0 Å². The molecule has 110 valence electrons. The maximum Gasteiger partial charge on any atom is 0.337 e. The standard InChI is InChI=1S/C14H14ClN3O2S/c15-11-5-4-9(7-10(11)14(19)20)21-8-13-17-16-12-3-1-2-6-18(12)13/h4-5,7H,1-3,6,8H2,(H,19,20). The SMILES string of the molecule is O=C(O)c1cc(SCc2nnc3n2CCCC3)ccc1Cl. The van der Waals surface area contributed by atoms with Crippen LogP contribution in [0.2, 0.25) is 5.02 Å². The van der Waals surface area contributed by atoms with Crippen LogP contribution in [0.5, 0.6) is 0 Å². The van der Waals surface area contributed by atoms with Gasteiger partial charge in [-0.15, -0.1) is 22.0 Å². The van der Waals surface area contributed by atoms with E-state index in [4.69, 9.17) is 16.7 Å². The Labute approximate surface area is 131 Å². The average Bonchev–Trinajstić information content (AvgIpc) is 2.89. The molecule has 0 unspecified atom stereocenters. The fourth-order valence-corrected chi connectivity index (χ4v) is 3.45. The van der Waals surface area contributed by atoms with Crippen molar-refractivity contribution in [1.82, 2.24) is 14.8 Å². The van der Waals surface area contributed by atoms with E-state index in [1.54, 1.807) is 23.9 Å². The molecule has 3 rings (SSSR count). The molecule has 1 aliphatic rings. The summed E-state index contributed by atoms with van der Waals surface area (Å²) in [6, 6.07) is 5.04. The lowest BCUT2D eigenvalue weighted by atomic mass is 10.2. The predicted octanol–water partition coefficient (Wildman–Crippen LogP) is 3.26. The first-order chi connectivity index (χ1) is 10.1. The zero-order valence-electron chi connectivity index (χ0n) is 11.3. The van der Waals surface area contributed by atoms with Gasteiger partial charge in [0.15, 0.2) is 0 Å². The number of hydrogen-bond acceptors (Lipinski definition) is 4. The van der Waals surface area contributed by atoms with E-state index in [1.807, 2.05) is 6.07 Å². The van der Waals surface area contributed by atoms with Crippen molar-refractivity contribution in [3.8, 4) is 0 Å². The van der Waals surface area contributed by atoms with Crippen LogP contribution >= 0.6 is 23.4 Å². The second-order valence-electron chi connectivity index (χ2n) is 4.88. The van der Waals surface area contributed by atoms with Crippen molar-refractivity contribution in [3.63, 3.8) is 0 Å². The molecule has 0 spiro atoms. The Kier molecular flexibility index (Phi) is 4.17. The molecule has 0 aliphatic carbocycles. The highest BCUT2D eigenvalue weighted by Gasteiger charge is 2.16. The first kappa shape index (κ1) is 14.4. The number of rotatable bonds is 4. The number of aromatic nitrogens is 3. The van der Waals surface area contributed by atoms with Gasteiger partial charge in [-0.25, -0.2) is 4.79 Å². The summed E-state index contributed by atoms with van der Waals surface area (Å²) < 4.78 is 2.17. The molecule has 0 saturated carbocycles. The van der Waals surface area contributed by atoms with Gasteiger partial charge in [0.2, 0.25) is 0 Å². The minimum absolute atomic E-state index is 0.130. The second kappa shape index (κ2) is 6.07. The Morgan fingerprint density at radius 3 is 3.05 bits per heavy atom. The van der Waals surface area contributed by atoms with E-state index in [2.05, 4.69) is 14.8 Å². The summed E-state index contributed by atoms with van der Waals surface area (Å²) in [6.07, 6.45) is 3.32. The number of nitrogens with zero attached hydrogens (tertiary/aromatic N) is 3. The van der Waals surface area contributed by atoms with Crippen LogP contribution in [0.4, 0.5) is 0 Å². The van der Waals surface area contributed by atoms with Gasteiger partial charge in [-0.2, -0.15) is 0 Å². The number of hydrogen-bond donors (Lipinski definition) is 1. The maximum absolute atomic E-state index is 11.1. The number of carbonyl (C=O) groups is 1. The van der Waals surface area contributed by atoms with Crippen LogP contribution in [0, 0.1) is 0 Å². The lowest BCUT2D eigenvalue weighted by molar-refractivity contribution is 0.0697. The van der Waals surface area contributed by atoms with Gasteiger partial charge in [-0.05, 0) is 31.0 Å². The molecule has 1 aliphatic heterocycles. The number of benzene rings is 1. The molecule has 0 amide bonds. The third-order valence-corrected chi connectivity index (χ3v) is 4.79. The second-order valence-corrected chi connectivity index (χ2v) is 6.33. The molecule has 1 N–H and O–H groups in total. The Bertz CT molecular complexity index is 687. The molecular formula is C14H14ClN3O2S. The number of carboxylic acids is 1. The summed E-state index contributed by atoms with van der Waals surface area (Å²) in [4.78, 5) is 11.9. The highest BCUT2D eigenvalue weighted by molar-refractivity contribution is 7.98. The first-order valence-electron chi connectivity index (χ1n) is 6.72. The van der Waals surface area contributed by atoms with E-state index in [1.165, 1.54) is 6.42 Å². The number of carboxylic acid groups (broad SMARTS) is 1. The molecule has 2 heterocycles. The van der Waals surface area contributed by atoms with Crippen LogP contribution in [0.25, 0.3) is 0 Å². The Morgan fingerprint density at radius 2 is 2.24 bits per heavy atom. The summed E-state index contributed by atoms with van der Waals surface area (Å²) in [5.41, 5.74) is 0.130. The Balaban J connectivity index is 1.75. The van der Waals surface area contributed by atoms with Crippen molar-refractivity contribution >= 4 is 29.3 Å². The molecule has 5 nitrogen and oxygen atoms in total. The summed E-state index contributed by atoms with van der Waals surface area (Å²) in [6.45, 7) is 0.971. The number of aromatic carboxylic acids is 1. The quantitative estimate of drug-likeness (QED) is 0.875. The monoisotopic (exact) mass is 323 g/mol. The Hall–Kier alpha value is -1.53. The summed E-state index contributed by atoms with van der Waals surface area (Å²) in [5.74, 6) is 1.66. The van der Waals surface area contributed by atoms with Crippen LogP contribution in [-0.4, -0.2) is 25.8 Å². The van der Waals surface area contributed by atoms with E-state index < -0.39 is 5.97 Å². The highest BCUT2D eigenvalue weighted by atomic mass is 35.5. The van der Waals surface area contributed by atoms with Crippen LogP contribution in [-0.2, 0) is 18.7 Å². The van der Waals surface area contributed by atoms with E-state index in [0.29, 0.717) is 5.75 Å². The number of fused-ring (bicyclic) bond motifs is 1. The largest absolute Gasteiger partial charge is 0.478 e. The molecule has 1 aromatic carbocycles. The van der Waals surface area contributed by atoms with E-state index >= 15 is 0 Å². The normalized spacial score (nSPS) is 14.0. The Morgan fingerprint density at radius 1 is 1.38 bits per heavy atom. The van der Waals surface area contributed by atoms with Gasteiger partial charge in [0.1, 0.15) is 11.6 Å². The van der Waals surface area contributed by atoms with Crippen molar-refractivity contribution in [2.75, 3.05) is 0 Å². The van der Waals surface area contributed by atoms with E-state index in [9.17, 15) is 4.79 Å². The van der Waals surface area contributed by atoms with Gasteiger partial charge in [-0.3, -0.25) is 0 Å². The topological polar surface area (TPSA) is 68.0 Å². The smallest absolute Gasteiger partial charge is 0.337 e. The molecular weight excluding hydrogens is 310 g/mol. The van der Waals surface area contributed by atoms with Gasteiger partial charge in [-0.1, -0.05) is 11.6 Å². The molecule has 0 atom stereocenters. The van der Waals surface area contributed by atoms with Crippen molar-refractivity contribution in [3.05, 3.63) is 40.4 Å². The average molecular weight is 324 g/mol. The maximum atomic E-state index is 11.1. The van der Waals surface area contributed by atoms with Crippen molar-refractivity contribution < 1.29 is 9.90 Å². The minimum Gasteiger partial charge on any atom is -0.478 e. The first-order valence-corrected chi connectivity index (χ1v) is 8.08. The molecule has 21 heavy (non-hydrogen) atoms. The highest BCUT2D eigenvalue weighted by Crippen LogP contribution is 2.27. The molecule has 0 fully saturated rings. The molecule has 0 radical (unpaired) electrons. The van der Waals surface area contributed by atoms with Gasteiger partial charge >= 0.3 is 5.97 Å². The van der Waals surface area contributed by atoms with Gasteiger partial charge in [0, 0.05) is 17.9 Å².